The van der Waals surface area contributed by atoms with Crippen LogP contribution in [0, 0.1) is 12.1 Å². The number of terminal acetylenes is 1. The SMILES string of the molecule is C#CP(=O)(Nc1ccc(C(=O)OC(C)(C)C)cc1)OC(C)(C)CCOC(C)(C)F. The third kappa shape index (κ3) is 9.94. The van der Waals surface area contributed by atoms with E-state index in [1.165, 1.54) is 13.8 Å². The Morgan fingerprint density at radius 2 is 1.69 bits per heavy atom. The highest BCUT2D eigenvalue weighted by molar-refractivity contribution is 7.65. The molecule has 0 spiro atoms. The van der Waals surface area contributed by atoms with Crippen molar-refractivity contribution >= 4 is 19.2 Å². The average Bonchev–Trinajstić information content (AvgIpc) is 2.51. The molecule has 0 aliphatic rings. The van der Waals surface area contributed by atoms with Crippen LogP contribution in [-0.2, 0) is 18.6 Å². The maximum Gasteiger partial charge on any atom is 0.367 e. The number of anilines is 1. The molecule has 0 radical (unpaired) electrons. The van der Waals surface area contributed by atoms with Crippen LogP contribution in [0.5, 0.6) is 0 Å². The minimum atomic E-state index is -3.68. The number of alkyl halides is 1. The maximum atomic E-state index is 13.4. The van der Waals surface area contributed by atoms with E-state index < -0.39 is 30.5 Å². The van der Waals surface area contributed by atoms with E-state index >= 15 is 0 Å². The smallest absolute Gasteiger partial charge is 0.367 e. The van der Waals surface area contributed by atoms with Crippen LogP contribution < -0.4 is 5.09 Å². The zero-order valence-corrected chi connectivity index (χ0v) is 19.1. The lowest BCUT2D eigenvalue weighted by atomic mass is 10.1. The topological polar surface area (TPSA) is 73.9 Å². The Kier molecular flexibility index (Phi) is 8.07. The van der Waals surface area contributed by atoms with Crippen molar-refractivity contribution in [1.29, 1.82) is 0 Å². The van der Waals surface area contributed by atoms with Crippen molar-refractivity contribution in [3.05, 3.63) is 29.8 Å². The van der Waals surface area contributed by atoms with Gasteiger partial charge in [0.2, 0.25) is 5.85 Å². The second kappa shape index (κ2) is 9.30. The molecule has 6 nitrogen and oxygen atoms in total. The van der Waals surface area contributed by atoms with E-state index in [-0.39, 0.29) is 13.0 Å². The molecular formula is C21H31FNO5P. The first-order valence-corrected chi connectivity index (χ1v) is 10.9. The minimum absolute atomic E-state index is 0.0751. The number of carbonyl (C=O) groups excluding carboxylic acids is 1. The molecule has 1 unspecified atom stereocenters. The third-order valence-electron chi connectivity index (χ3n) is 3.49. The predicted octanol–water partition coefficient (Wildman–Crippen LogP) is 5.75. The molecule has 1 aromatic rings. The number of hydrogen-bond donors (Lipinski definition) is 1. The quantitative estimate of drug-likeness (QED) is 0.308. The summed E-state index contributed by atoms with van der Waals surface area (Å²) in [6.07, 6.45) is 5.72. The molecule has 0 fully saturated rings. The van der Waals surface area contributed by atoms with Crippen LogP contribution in [0.2, 0.25) is 0 Å². The summed E-state index contributed by atoms with van der Waals surface area (Å²) in [5.41, 5.74) is 1.43. The van der Waals surface area contributed by atoms with Crippen molar-refractivity contribution in [2.75, 3.05) is 11.7 Å². The fraction of sp³-hybridized carbons (Fsp3) is 0.571. The molecule has 0 aliphatic heterocycles. The van der Waals surface area contributed by atoms with Crippen molar-refractivity contribution in [3.8, 4) is 12.1 Å². The first-order valence-electron chi connectivity index (χ1n) is 9.27. The number of rotatable bonds is 9. The predicted molar refractivity (Wildman–Crippen MR) is 113 cm³/mol. The van der Waals surface area contributed by atoms with Gasteiger partial charge in [0.25, 0.3) is 0 Å². The normalized spacial score (nSPS) is 14.6. The number of benzene rings is 1. The molecule has 0 heterocycles. The fourth-order valence-electron chi connectivity index (χ4n) is 2.20. The van der Waals surface area contributed by atoms with Gasteiger partial charge in [-0.1, -0.05) is 0 Å². The number of esters is 1. The van der Waals surface area contributed by atoms with E-state index in [1.807, 2.05) is 0 Å². The molecule has 1 atom stereocenters. The molecule has 1 N–H and O–H groups in total. The summed E-state index contributed by atoms with van der Waals surface area (Å²) in [4.78, 5) is 12.1. The molecule has 0 bridgehead atoms. The summed E-state index contributed by atoms with van der Waals surface area (Å²) >= 11 is 0. The van der Waals surface area contributed by atoms with Crippen LogP contribution in [0.4, 0.5) is 10.1 Å². The van der Waals surface area contributed by atoms with Crippen LogP contribution >= 0.6 is 7.52 Å². The van der Waals surface area contributed by atoms with Crippen molar-refractivity contribution in [1.82, 2.24) is 0 Å². The number of halogens is 1. The standard InChI is InChI=1S/C21H31FNO5P/c1-9-29(25,28-20(5,6)14-15-26-21(7,8)22)23-17-12-10-16(11-13-17)18(24)27-19(2,3)4/h1,10-13H,14-15H2,2-8H3,(H,23,25). The van der Waals surface area contributed by atoms with Gasteiger partial charge in [0.15, 0.2) is 0 Å². The summed E-state index contributed by atoms with van der Waals surface area (Å²) in [5.74, 6) is -2.22. The molecule has 0 saturated heterocycles. The molecule has 0 saturated carbocycles. The van der Waals surface area contributed by atoms with Gasteiger partial charge in [-0.3, -0.25) is 9.09 Å². The summed E-state index contributed by atoms with van der Waals surface area (Å²) in [5, 5.41) is 2.71. The van der Waals surface area contributed by atoms with E-state index in [4.69, 9.17) is 20.4 Å². The van der Waals surface area contributed by atoms with E-state index in [0.29, 0.717) is 11.3 Å². The Morgan fingerprint density at radius 3 is 2.14 bits per heavy atom. The molecule has 0 aromatic heterocycles. The van der Waals surface area contributed by atoms with Crippen LogP contribution in [0.15, 0.2) is 24.3 Å². The van der Waals surface area contributed by atoms with Gasteiger partial charge in [0, 0.05) is 11.3 Å². The number of carbonyl (C=O) groups is 1. The zero-order valence-electron chi connectivity index (χ0n) is 18.2. The Morgan fingerprint density at radius 1 is 1.14 bits per heavy atom. The Labute approximate surface area is 173 Å². The second-order valence-corrected chi connectivity index (χ2v) is 10.5. The van der Waals surface area contributed by atoms with E-state index in [0.717, 1.165) is 0 Å². The second-order valence-electron chi connectivity index (χ2n) is 8.68. The summed E-state index contributed by atoms with van der Waals surface area (Å²) in [6.45, 7) is 11.4. The first kappa shape index (κ1) is 25.2. The van der Waals surface area contributed by atoms with E-state index in [2.05, 4.69) is 10.7 Å². The van der Waals surface area contributed by atoms with Crippen LogP contribution in [0.3, 0.4) is 0 Å². The third-order valence-corrected chi connectivity index (χ3v) is 5.13. The highest BCUT2D eigenvalue weighted by Crippen LogP contribution is 2.49. The lowest BCUT2D eigenvalue weighted by Crippen LogP contribution is -2.28. The molecule has 1 aromatic carbocycles. The van der Waals surface area contributed by atoms with E-state index in [9.17, 15) is 13.8 Å². The summed E-state index contributed by atoms with van der Waals surface area (Å²) in [6, 6.07) is 6.21. The fourth-order valence-corrected chi connectivity index (χ4v) is 3.64. The van der Waals surface area contributed by atoms with Gasteiger partial charge < -0.3 is 14.6 Å². The van der Waals surface area contributed by atoms with Gasteiger partial charge in [-0.05, 0) is 79.2 Å². The van der Waals surface area contributed by atoms with Gasteiger partial charge in [0.05, 0.1) is 17.8 Å². The van der Waals surface area contributed by atoms with Gasteiger partial charge in [-0.15, -0.1) is 6.42 Å². The van der Waals surface area contributed by atoms with Crippen molar-refractivity contribution in [3.63, 3.8) is 0 Å². The highest BCUT2D eigenvalue weighted by Gasteiger charge is 2.32. The molecule has 162 valence electrons. The van der Waals surface area contributed by atoms with Crippen LogP contribution in [0.1, 0.15) is 65.2 Å². The lowest BCUT2D eigenvalue weighted by molar-refractivity contribution is -0.124. The highest BCUT2D eigenvalue weighted by atomic mass is 31.2. The average molecular weight is 427 g/mol. The largest absolute Gasteiger partial charge is 0.456 e. The lowest BCUT2D eigenvalue weighted by Gasteiger charge is -2.29. The Hall–Kier alpha value is -1.87. The minimum Gasteiger partial charge on any atom is -0.456 e. The molecule has 1 rings (SSSR count). The summed E-state index contributed by atoms with van der Waals surface area (Å²) in [7, 11) is -3.68. The van der Waals surface area contributed by atoms with Crippen molar-refractivity contribution in [2.24, 2.45) is 0 Å². The van der Waals surface area contributed by atoms with Crippen LogP contribution in [0.25, 0.3) is 0 Å². The van der Waals surface area contributed by atoms with Crippen molar-refractivity contribution < 1.29 is 27.7 Å². The number of hydrogen-bond acceptors (Lipinski definition) is 5. The number of ether oxygens (including phenoxy) is 2. The Balaban J connectivity index is 2.79. The Bertz CT molecular complexity index is 785. The summed E-state index contributed by atoms with van der Waals surface area (Å²) < 4.78 is 42.4. The van der Waals surface area contributed by atoms with E-state index in [1.54, 1.807) is 58.9 Å². The monoisotopic (exact) mass is 427 g/mol. The molecule has 29 heavy (non-hydrogen) atoms. The molecule has 0 amide bonds. The first-order chi connectivity index (χ1) is 13.0. The maximum absolute atomic E-state index is 13.4. The molecule has 8 heteroatoms. The van der Waals surface area contributed by atoms with Crippen molar-refractivity contribution in [2.45, 2.75) is 71.9 Å². The van der Waals surface area contributed by atoms with Gasteiger partial charge in [-0.25, -0.2) is 9.18 Å². The van der Waals surface area contributed by atoms with Gasteiger partial charge in [-0.2, -0.15) is 0 Å². The molecular weight excluding hydrogens is 396 g/mol. The zero-order chi connectivity index (χ0) is 22.5. The molecule has 0 aliphatic carbocycles. The van der Waals surface area contributed by atoms with Crippen LogP contribution in [-0.4, -0.2) is 29.6 Å². The number of nitrogens with one attached hydrogen (secondary N) is 1. The van der Waals surface area contributed by atoms with Gasteiger partial charge in [0.1, 0.15) is 5.60 Å². The van der Waals surface area contributed by atoms with Gasteiger partial charge >= 0.3 is 13.5 Å².